The molecule has 7 heteroatoms. The summed E-state index contributed by atoms with van der Waals surface area (Å²) in [5, 5.41) is 10.5. The van der Waals surface area contributed by atoms with Crippen molar-refractivity contribution >= 4 is 17.6 Å². The van der Waals surface area contributed by atoms with E-state index in [2.05, 4.69) is 0 Å². The number of non-ortho nitro benzene ring substituents is 1. The number of nitrogens with zero attached hydrogens (tertiary/aromatic N) is 2. The van der Waals surface area contributed by atoms with Gasteiger partial charge in [0.05, 0.1) is 11.5 Å². The number of piperidine rings is 1. The lowest BCUT2D eigenvalue weighted by Gasteiger charge is -2.24. The molecule has 2 rings (SSSR count). The molecule has 0 saturated carbocycles. The predicted molar refractivity (Wildman–Crippen MR) is 69.1 cm³/mol. The van der Waals surface area contributed by atoms with Gasteiger partial charge in [-0.1, -0.05) is 0 Å². The Morgan fingerprint density at radius 2 is 2.05 bits per heavy atom. The number of hydrogen-bond acceptors (Lipinski definition) is 5. The van der Waals surface area contributed by atoms with E-state index in [4.69, 9.17) is 4.74 Å². The monoisotopic (exact) mass is 278 g/mol. The minimum absolute atomic E-state index is 0.0123. The number of carbonyl (C=O) groups excluding carboxylic acids is 2. The fourth-order valence-corrected chi connectivity index (χ4v) is 1.94. The highest BCUT2D eigenvalue weighted by molar-refractivity contribution is 5.85. The summed E-state index contributed by atoms with van der Waals surface area (Å²) < 4.78 is 5.08. The van der Waals surface area contributed by atoms with Crippen LogP contribution in [0.5, 0.6) is 0 Å². The molecule has 0 unspecified atom stereocenters. The van der Waals surface area contributed by atoms with Crippen molar-refractivity contribution in [1.82, 2.24) is 4.90 Å². The van der Waals surface area contributed by atoms with Gasteiger partial charge in [0.1, 0.15) is 6.61 Å². The number of rotatable bonds is 3. The average molecular weight is 278 g/mol. The van der Waals surface area contributed by atoms with Gasteiger partial charge in [0, 0.05) is 25.1 Å². The van der Waals surface area contributed by atoms with Gasteiger partial charge in [0.15, 0.2) is 5.78 Å². The average Bonchev–Trinajstić information content (AvgIpc) is 2.45. The summed E-state index contributed by atoms with van der Waals surface area (Å²) in [5.74, 6) is 0.0311. The summed E-state index contributed by atoms with van der Waals surface area (Å²) in [5.41, 5.74) is 0.647. The maximum atomic E-state index is 11.7. The van der Waals surface area contributed by atoms with Gasteiger partial charge in [-0.2, -0.15) is 0 Å². The zero-order valence-electron chi connectivity index (χ0n) is 10.8. The molecule has 0 bridgehead atoms. The molecule has 1 fully saturated rings. The van der Waals surface area contributed by atoms with E-state index in [0.717, 1.165) is 0 Å². The van der Waals surface area contributed by atoms with E-state index in [-0.39, 0.29) is 24.6 Å². The zero-order valence-corrected chi connectivity index (χ0v) is 10.8. The highest BCUT2D eigenvalue weighted by Crippen LogP contribution is 2.13. The highest BCUT2D eigenvalue weighted by atomic mass is 16.6. The van der Waals surface area contributed by atoms with Crippen LogP contribution in [0.15, 0.2) is 24.3 Å². The lowest BCUT2D eigenvalue weighted by Crippen LogP contribution is -2.40. The van der Waals surface area contributed by atoms with Crippen LogP contribution in [0.25, 0.3) is 0 Å². The first-order valence-corrected chi connectivity index (χ1v) is 6.23. The maximum Gasteiger partial charge on any atom is 0.410 e. The van der Waals surface area contributed by atoms with Crippen molar-refractivity contribution in [2.45, 2.75) is 19.4 Å². The van der Waals surface area contributed by atoms with Crippen molar-refractivity contribution in [3.05, 3.63) is 39.9 Å². The van der Waals surface area contributed by atoms with E-state index in [1.54, 1.807) is 0 Å². The van der Waals surface area contributed by atoms with Crippen molar-refractivity contribution in [1.29, 1.82) is 0 Å². The van der Waals surface area contributed by atoms with Crippen LogP contribution in [0.2, 0.25) is 0 Å². The van der Waals surface area contributed by atoms with E-state index in [1.165, 1.54) is 29.2 Å². The molecule has 0 atom stereocenters. The fraction of sp³-hybridized carbons (Fsp3) is 0.385. The number of Topliss-reactive ketones (excluding diaryl/α,β-unsaturated/α-hetero) is 1. The van der Waals surface area contributed by atoms with E-state index in [0.29, 0.717) is 24.9 Å². The summed E-state index contributed by atoms with van der Waals surface area (Å²) >= 11 is 0. The number of benzene rings is 1. The minimum Gasteiger partial charge on any atom is -0.445 e. The van der Waals surface area contributed by atoms with Gasteiger partial charge in [-0.3, -0.25) is 14.9 Å². The van der Waals surface area contributed by atoms with Gasteiger partial charge in [-0.15, -0.1) is 0 Å². The van der Waals surface area contributed by atoms with Gasteiger partial charge in [-0.05, 0) is 24.1 Å². The van der Waals surface area contributed by atoms with Crippen LogP contribution in [-0.2, 0) is 16.1 Å². The number of hydrogen-bond donors (Lipinski definition) is 0. The lowest BCUT2D eigenvalue weighted by atomic mass is 10.1. The predicted octanol–water partition coefficient (Wildman–Crippen LogP) is 1.90. The molecule has 1 aromatic rings. The Morgan fingerprint density at radius 3 is 2.65 bits per heavy atom. The van der Waals surface area contributed by atoms with Crippen LogP contribution in [-0.4, -0.2) is 34.8 Å². The van der Waals surface area contributed by atoms with E-state index in [9.17, 15) is 19.7 Å². The molecule has 20 heavy (non-hydrogen) atoms. The van der Waals surface area contributed by atoms with Gasteiger partial charge in [0.25, 0.3) is 5.69 Å². The third-order valence-electron chi connectivity index (χ3n) is 3.02. The molecule has 7 nitrogen and oxygen atoms in total. The molecule has 0 radical (unpaired) electrons. The molecule has 1 aliphatic rings. The summed E-state index contributed by atoms with van der Waals surface area (Å²) in [7, 11) is 0. The summed E-state index contributed by atoms with van der Waals surface area (Å²) in [4.78, 5) is 34.4. The van der Waals surface area contributed by atoms with Gasteiger partial charge >= 0.3 is 6.09 Å². The third-order valence-corrected chi connectivity index (χ3v) is 3.02. The number of ether oxygens (including phenoxy) is 1. The quantitative estimate of drug-likeness (QED) is 0.622. The first-order valence-electron chi connectivity index (χ1n) is 6.23. The Bertz CT molecular complexity index is 526. The number of nitro benzene ring substituents is 1. The topological polar surface area (TPSA) is 89.8 Å². The molecule has 1 amide bonds. The van der Waals surface area contributed by atoms with Crippen molar-refractivity contribution in [3.63, 3.8) is 0 Å². The maximum absolute atomic E-state index is 11.7. The van der Waals surface area contributed by atoms with Crippen LogP contribution in [0.1, 0.15) is 18.4 Å². The van der Waals surface area contributed by atoms with Gasteiger partial charge in [-0.25, -0.2) is 4.79 Å². The summed E-state index contributed by atoms with van der Waals surface area (Å²) in [6, 6.07) is 5.78. The van der Waals surface area contributed by atoms with E-state index in [1.807, 2.05) is 0 Å². The van der Waals surface area contributed by atoms with Crippen LogP contribution in [0.4, 0.5) is 10.5 Å². The molecule has 0 aromatic heterocycles. The van der Waals surface area contributed by atoms with Gasteiger partial charge < -0.3 is 9.64 Å². The van der Waals surface area contributed by atoms with Crippen LogP contribution >= 0.6 is 0 Å². The number of ketones is 1. The fourth-order valence-electron chi connectivity index (χ4n) is 1.94. The second-order valence-corrected chi connectivity index (χ2v) is 4.54. The summed E-state index contributed by atoms with van der Waals surface area (Å²) in [6.45, 7) is 0.644. The van der Waals surface area contributed by atoms with E-state index < -0.39 is 11.0 Å². The number of nitro groups is 1. The first-order chi connectivity index (χ1) is 9.56. The van der Waals surface area contributed by atoms with Crippen molar-refractivity contribution in [2.75, 3.05) is 13.1 Å². The molecule has 1 heterocycles. The molecule has 106 valence electrons. The number of likely N-dealkylation sites (tertiary alicyclic amines) is 1. The highest BCUT2D eigenvalue weighted by Gasteiger charge is 2.22. The lowest BCUT2D eigenvalue weighted by molar-refractivity contribution is -0.384. The largest absolute Gasteiger partial charge is 0.445 e. The molecule has 0 spiro atoms. The second-order valence-electron chi connectivity index (χ2n) is 4.54. The smallest absolute Gasteiger partial charge is 0.410 e. The Kier molecular flexibility index (Phi) is 4.29. The van der Waals surface area contributed by atoms with Crippen LogP contribution in [0.3, 0.4) is 0 Å². The standard InChI is InChI=1S/C13H14N2O5/c16-12-2-1-7-14(8-12)13(17)20-9-10-3-5-11(6-4-10)15(18)19/h3-6H,1-2,7-9H2. The molecule has 0 aliphatic carbocycles. The van der Waals surface area contributed by atoms with Gasteiger partial charge in [0.2, 0.25) is 0 Å². The Morgan fingerprint density at radius 1 is 1.35 bits per heavy atom. The molecule has 1 saturated heterocycles. The third kappa shape index (κ3) is 3.53. The Labute approximate surface area is 115 Å². The Balaban J connectivity index is 1.86. The first kappa shape index (κ1) is 14.0. The zero-order chi connectivity index (χ0) is 14.5. The summed E-state index contributed by atoms with van der Waals surface area (Å²) in [6.07, 6.45) is 0.633. The Hall–Kier alpha value is -2.44. The molecular weight excluding hydrogens is 264 g/mol. The van der Waals surface area contributed by atoms with Crippen LogP contribution < -0.4 is 0 Å². The minimum atomic E-state index is -0.531. The van der Waals surface area contributed by atoms with Crippen molar-refractivity contribution < 1.29 is 19.2 Å². The van der Waals surface area contributed by atoms with Crippen LogP contribution in [0, 0.1) is 10.1 Å². The normalized spacial score (nSPS) is 15.0. The second kappa shape index (κ2) is 6.14. The SMILES string of the molecule is O=C1CCCN(C(=O)OCc2ccc([N+](=O)[O-])cc2)C1. The molecule has 1 aliphatic heterocycles. The van der Waals surface area contributed by atoms with E-state index >= 15 is 0 Å². The molecule has 0 N–H and O–H groups in total. The number of amides is 1. The number of carbonyl (C=O) groups is 2. The van der Waals surface area contributed by atoms with Crippen molar-refractivity contribution in [3.8, 4) is 0 Å². The van der Waals surface area contributed by atoms with Crippen molar-refractivity contribution in [2.24, 2.45) is 0 Å². The molecular formula is C13H14N2O5. The molecule has 1 aromatic carbocycles.